The average molecular weight is 852 g/mol. The fourth-order valence-corrected chi connectivity index (χ4v) is 12.8. The molecule has 0 radical (unpaired) electrons. The third-order valence-corrected chi connectivity index (χ3v) is 18.3. The van der Waals surface area contributed by atoms with Gasteiger partial charge in [-0.15, -0.1) is 0 Å². The van der Waals surface area contributed by atoms with Crippen LogP contribution in [-0.2, 0) is 4.74 Å². The highest BCUT2D eigenvalue weighted by Gasteiger charge is 2.51. The van der Waals surface area contributed by atoms with Gasteiger partial charge in [-0.25, -0.2) is 0 Å². The molecule has 10 rings (SSSR count). The molecule has 61 heavy (non-hydrogen) atoms. The van der Waals surface area contributed by atoms with E-state index in [1.54, 1.807) is 0 Å². The minimum atomic E-state index is 0.355. The van der Waals surface area contributed by atoms with Gasteiger partial charge >= 0.3 is 0 Å². The van der Waals surface area contributed by atoms with Crippen molar-refractivity contribution in [2.75, 3.05) is 78.7 Å². The largest absolute Gasteiger partial charge is 0.381 e. The normalized spacial score (nSPS) is 30.7. The summed E-state index contributed by atoms with van der Waals surface area (Å²) in [5.41, 5.74) is 4.89. The van der Waals surface area contributed by atoms with Crippen molar-refractivity contribution in [2.24, 2.45) is 33.5 Å². The van der Waals surface area contributed by atoms with Crippen LogP contribution < -0.4 is 0 Å². The van der Waals surface area contributed by atoms with Gasteiger partial charge in [-0.2, -0.15) is 0 Å². The molecule has 6 heterocycles. The van der Waals surface area contributed by atoms with Crippen molar-refractivity contribution in [3.8, 4) is 0 Å². The fraction of sp³-hybridized carbons (Fsp3) is 1.00. The maximum atomic E-state index is 5.44. The minimum absolute atomic E-state index is 0.355. The van der Waals surface area contributed by atoms with Crippen LogP contribution in [0.5, 0.6) is 0 Å². The summed E-state index contributed by atoms with van der Waals surface area (Å²) in [6.45, 7) is 50.2. The lowest BCUT2D eigenvalue weighted by molar-refractivity contribution is -0.104. The van der Waals surface area contributed by atoms with Gasteiger partial charge in [-0.3, -0.25) is 24.5 Å². The number of ether oxygens (including phenoxy) is 1. The van der Waals surface area contributed by atoms with Gasteiger partial charge in [-0.1, -0.05) is 32.1 Å². The van der Waals surface area contributed by atoms with Gasteiger partial charge in [0, 0.05) is 92.1 Å². The molecule has 0 N–H and O–H groups in total. The maximum Gasteiger partial charge on any atom is 0.0547 e. The average Bonchev–Trinajstić information content (AvgIpc) is 3.70. The second-order valence-electron chi connectivity index (χ2n) is 28.4. The number of likely N-dealkylation sites (tertiary alicyclic amines) is 5. The van der Waals surface area contributed by atoms with Gasteiger partial charge < -0.3 is 4.74 Å². The Labute approximate surface area is 380 Å². The highest BCUT2D eigenvalue weighted by molar-refractivity contribution is 5.04. The van der Waals surface area contributed by atoms with E-state index in [4.69, 9.17) is 4.74 Å². The van der Waals surface area contributed by atoms with Crippen LogP contribution in [0.2, 0.25) is 0 Å². The lowest BCUT2D eigenvalue weighted by atomic mass is 9.62. The summed E-state index contributed by atoms with van der Waals surface area (Å²) in [7, 11) is 0. The van der Waals surface area contributed by atoms with Crippen LogP contribution in [0.25, 0.3) is 0 Å². The Kier molecular flexibility index (Phi) is 15.5. The summed E-state index contributed by atoms with van der Waals surface area (Å²) >= 11 is 0. The summed E-state index contributed by atoms with van der Waals surface area (Å²) in [4.78, 5) is 13.1. The fourth-order valence-electron chi connectivity index (χ4n) is 12.8. The van der Waals surface area contributed by atoms with Crippen molar-refractivity contribution >= 4 is 0 Å². The van der Waals surface area contributed by atoms with Crippen molar-refractivity contribution < 1.29 is 4.74 Å². The summed E-state index contributed by atoms with van der Waals surface area (Å²) in [5.74, 6) is 2.06. The van der Waals surface area contributed by atoms with Crippen molar-refractivity contribution in [2.45, 2.75) is 241 Å². The first-order chi connectivity index (χ1) is 28.1. The van der Waals surface area contributed by atoms with Crippen LogP contribution in [0.1, 0.15) is 213 Å². The number of nitrogens with zero attached hydrogens (tertiary/aromatic N) is 5. The first-order valence-corrected chi connectivity index (χ1v) is 26.5. The Morgan fingerprint density at radius 1 is 0.361 bits per heavy atom. The summed E-state index contributed by atoms with van der Waals surface area (Å²) in [5, 5.41) is 0. The van der Waals surface area contributed by atoms with E-state index in [1.165, 1.54) is 175 Å². The van der Waals surface area contributed by atoms with E-state index in [0.29, 0.717) is 33.1 Å². The van der Waals surface area contributed by atoms with E-state index in [2.05, 4.69) is 128 Å². The molecule has 0 amide bonds. The monoisotopic (exact) mass is 852 g/mol. The van der Waals surface area contributed by atoms with Crippen LogP contribution >= 0.6 is 0 Å². The van der Waals surface area contributed by atoms with Gasteiger partial charge in [0.15, 0.2) is 0 Å². The SMILES string of the molecule is CC(C)(C)N1CC2(CCC2)C1.CC(C)(C)N1CC2(CCCCC2)C1.CC(C)(C)N1CC2(CCOC2)C1.CC(C)(C)N1CC2CCC(C2)C1.CC(C)(C)N1CCC2(CCC2)CC1. The molecule has 2 bridgehead atoms. The van der Waals surface area contributed by atoms with Gasteiger partial charge in [0.05, 0.1) is 6.61 Å². The first-order valence-electron chi connectivity index (χ1n) is 26.5. The quantitative estimate of drug-likeness (QED) is 0.241. The zero-order valence-electron chi connectivity index (χ0n) is 43.8. The molecule has 4 spiro atoms. The predicted molar refractivity (Wildman–Crippen MR) is 263 cm³/mol. The van der Waals surface area contributed by atoms with Gasteiger partial charge in [0.2, 0.25) is 0 Å². The van der Waals surface area contributed by atoms with E-state index in [1.807, 2.05) is 0 Å². The number of rotatable bonds is 0. The highest BCUT2D eigenvalue weighted by Crippen LogP contribution is 2.51. The maximum absolute atomic E-state index is 5.44. The molecule has 356 valence electrons. The summed E-state index contributed by atoms with van der Waals surface area (Å²) in [6.07, 6.45) is 25.2. The highest BCUT2D eigenvalue weighted by atomic mass is 16.5. The molecule has 6 saturated heterocycles. The molecule has 0 aromatic carbocycles. The molecule has 10 aliphatic rings. The van der Waals surface area contributed by atoms with E-state index >= 15 is 0 Å². The van der Waals surface area contributed by atoms with Crippen LogP contribution in [0, 0.1) is 33.5 Å². The zero-order valence-corrected chi connectivity index (χ0v) is 43.8. The molecule has 0 aromatic rings. The van der Waals surface area contributed by atoms with E-state index < -0.39 is 0 Å². The molecule has 6 aliphatic heterocycles. The Morgan fingerprint density at radius 3 is 1.03 bits per heavy atom. The molecule has 4 saturated carbocycles. The smallest absolute Gasteiger partial charge is 0.0547 e. The van der Waals surface area contributed by atoms with Crippen molar-refractivity contribution in [3.63, 3.8) is 0 Å². The van der Waals surface area contributed by atoms with Crippen LogP contribution in [-0.4, -0.2) is 131 Å². The van der Waals surface area contributed by atoms with Gasteiger partial charge in [-0.05, 0) is 222 Å². The van der Waals surface area contributed by atoms with E-state index in [0.717, 1.165) is 41.3 Å². The predicted octanol–water partition coefficient (Wildman–Crippen LogP) is 12.4. The standard InChI is InChI=1S/2C12H23N.C11H21N.C10H19NO.C10H19N/c1-11(2,3)13-9-7-12(8-10-13)5-4-6-12;1-11(2,3)13-9-12(10-13)7-5-4-6-8-12;1-11(2,3)12-7-9-4-5-10(6-9)8-12;1-9(2,3)11-6-10(7-11)4-5-12-8-10;1-9(2,3)11-7-10(8-11)5-4-6-10/h2*4-10H2,1-3H3;9-10H,4-8H2,1-3H3;4-8H2,1-3H3;4-8H2,1-3H3. The van der Waals surface area contributed by atoms with Crippen LogP contribution in [0.3, 0.4) is 0 Å². The lowest BCUT2D eigenvalue weighted by Gasteiger charge is -2.60. The molecular weight excluding hydrogens is 747 g/mol. The Morgan fingerprint density at radius 2 is 0.721 bits per heavy atom. The Balaban J connectivity index is 0.000000128. The van der Waals surface area contributed by atoms with Crippen LogP contribution in [0.4, 0.5) is 0 Å². The molecule has 6 heteroatoms. The van der Waals surface area contributed by atoms with Crippen molar-refractivity contribution in [1.29, 1.82) is 0 Å². The third kappa shape index (κ3) is 13.0. The van der Waals surface area contributed by atoms with Crippen molar-refractivity contribution in [3.05, 3.63) is 0 Å². The van der Waals surface area contributed by atoms with E-state index in [9.17, 15) is 0 Å². The second-order valence-corrected chi connectivity index (χ2v) is 28.4. The third-order valence-electron chi connectivity index (χ3n) is 18.3. The van der Waals surface area contributed by atoms with Gasteiger partial charge in [0.25, 0.3) is 0 Å². The van der Waals surface area contributed by atoms with Crippen molar-refractivity contribution in [1.82, 2.24) is 24.5 Å². The summed E-state index contributed by atoms with van der Waals surface area (Å²) < 4.78 is 5.44. The Bertz CT molecular complexity index is 1320. The minimum Gasteiger partial charge on any atom is -0.381 e. The number of hydrogen-bond acceptors (Lipinski definition) is 6. The zero-order chi connectivity index (χ0) is 44.8. The topological polar surface area (TPSA) is 25.4 Å². The molecule has 0 aromatic heterocycles. The Hall–Kier alpha value is -0.240. The second kappa shape index (κ2) is 18.8. The lowest BCUT2D eigenvalue weighted by Crippen LogP contribution is -2.64. The number of fused-ring (bicyclic) bond motifs is 2. The molecule has 6 nitrogen and oxygen atoms in total. The molecule has 2 atom stereocenters. The molecule has 2 unspecified atom stereocenters. The number of piperidine rings is 2. The molecule has 4 aliphatic carbocycles. The molecular formula is C55H105N5O. The summed E-state index contributed by atoms with van der Waals surface area (Å²) in [6, 6.07) is 0. The number of hydrogen-bond donors (Lipinski definition) is 0. The molecule has 10 fully saturated rings. The first kappa shape index (κ1) is 50.2. The van der Waals surface area contributed by atoms with E-state index in [-0.39, 0.29) is 0 Å². The van der Waals surface area contributed by atoms with Gasteiger partial charge in [0.1, 0.15) is 0 Å². The van der Waals surface area contributed by atoms with Crippen LogP contribution in [0.15, 0.2) is 0 Å².